The molecule has 6 heteroatoms. The number of aromatic nitrogens is 1. The number of hydrogen-bond acceptors (Lipinski definition) is 5. The Morgan fingerprint density at radius 2 is 2.37 bits per heavy atom. The number of oxazole rings is 1. The number of rotatable bonds is 3. The fraction of sp³-hybridized carbons (Fsp3) is 0.385. The molecule has 100 valence electrons. The summed E-state index contributed by atoms with van der Waals surface area (Å²) in [6.45, 7) is 1.68. The van der Waals surface area contributed by atoms with E-state index in [0.717, 1.165) is 19.5 Å². The van der Waals surface area contributed by atoms with Crippen molar-refractivity contribution in [2.75, 3.05) is 24.6 Å². The van der Waals surface area contributed by atoms with Crippen LogP contribution in [0, 0.1) is 5.92 Å². The lowest BCUT2D eigenvalue weighted by atomic mass is 10.1. The molecule has 0 saturated carbocycles. The summed E-state index contributed by atoms with van der Waals surface area (Å²) < 4.78 is 5.61. The summed E-state index contributed by atoms with van der Waals surface area (Å²) in [6, 6.07) is 5.13. The first-order chi connectivity index (χ1) is 9.17. The number of aromatic carboxylic acids is 1. The Morgan fingerprint density at radius 1 is 1.53 bits per heavy atom. The minimum Gasteiger partial charge on any atom is -0.478 e. The number of carboxylic acid groups (broad SMARTS) is 1. The van der Waals surface area contributed by atoms with Gasteiger partial charge in [0.1, 0.15) is 5.52 Å². The van der Waals surface area contributed by atoms with Gasteiger partial charge in [-0.2, -0.15) is 4.98 Å². The van der Waals surface area contributed by atoms with E-state index in [1.165, 1.54) is 12.1 Å². The second-order valence-electron chi connectivity index (χ2n) is 4.77. The highest BCUT2D eigenvalue weighted by Gasteiger charge is 2.25. The fourth-order valence-electron chi connectivity index (χ4n) is 2.34. The molecule has 0 bridgehead atoms. The zero-order valence-electron chi connectivity index (χ0n) is 10.2. The van der Waals surface area contributed by atoms with Crippen molar-refractivity contribution in [3.63, 3.8) is 0 Å². The second-order valence-corrected chi connectivity index (χ2v) is 4.77. The van der Waals surface area contributed by atoms with Gasteiger partial charge in [0.2, 0.25) is 0 Å². The molecule has 2 N–H and O–H groups in total. The average molecular weight is 262 g/mol. The van der Waals surface area contributed by atoms with E-state index in [2.05, 4.69) is 4.98 Å². The average Bonchev–Trinajstić information content (AvgIpc) is 3.03. The molecule has 1 atom stereocenters. The minimum atomic E-state index is -0.985. The van der Waals surface area contributed by atoms with Crippen LogP contribution in [-0.4, -0.2) is 40.9 Å². The Labute approximate surface area is 109 Å². The van der Waals surface area contributed by atoms with Gasteiger partial charge in [0.05, 0.1) is 5.56 Å². The SMILES string of the molecule is O=C(O)c1ccc2nc(N3CCC(CO)C3)oc2c1. The Bertz CT molecular complexity index is 622. The van der Waals surface area contributed by atoms with Crippen LogP contribution in [-0.2, 0) is 0 Å². The lowest BCUT2D eigenvalue weighted by Crippen LogP contribution is -2.20. The number of carbonyl (C=O) groups is 1. The van der Waals surface area contributed by atoms with Crippen molar-refractivity contribution in [2.24, 2.45) is 5.92 Å². The second kappa shape index (κ2) is 4.55. The van der Waals surface area contributed by atoms with Gasteiger partial charge in [-0.1, -0.05) is 0 Å². The molecule has 6 nitrogen and oxygen atoms in total. The number of aliphatic hydroxyl groups excluding tert-OH is 1. The van der Waals surface area contributed by atoms with Crippen LogP contribution in [0.25, 0.3) is 11.1 Å². The maximum Gasteiger partial charge on any atom is 0.335 e. The number of hydrogen-bond donors (Lipinski definition) is 2. The summed E-state index contributed by atoms with van der Waals surface area (Å²) in [4.78, 5) is 17.2. The highest BCUT2D eigenvalue weighted by molar-refractivity contribution is 5.92. The third-order valence-electron chi connectivity index (χ3n) is 3.44. The van der Waals surface area contributed by atoms with E-state index in [9.17, 15) is 4.79 Å². The van der Waals surface area contributed by atoms with Crippen LogP contribution >= 0.6 is 0 Å². The molecule has 1 aliphatic heterocycles. The van der Waals surface area contributed by atoms with Crippen LogP contribution < -0.4 is 4.90 Å². The van der Waals surface area contributed by atoms with Crippen LogP contribution in [0.3, 0.4) is 0 Å². The first kappa shape index (κ1) is 12.0. The normalized spacial score (nSPS) is 19.2. The monoisotopic (exact) mass is 262 g/mol. The van der Waals surface area contributed by atoms with E-state index in [0.29, 0.717) is 17.1 Å². The zero-order valence-corrected chi connectivity index (χ0v) is 10.2. The molecule has 1 aromatic carbocycles. The van der Waals surface area contributed by atoms with Crippen molar-refractivity contribution < 1.29 is 19.4 Å². The highest BCUT2D eigenvalue weighted by atomic mass is 16.4. The maximum absolute atomic E-state index is 10.9. The first-order valence-corrected chi connectivity index (χ1v) is 6.17. The number of fused-ring (bicyclic) bond motifs is 1. The maximum atomic E-state index is 10.9. The van der Waals surface area contributed by atoms with Crippen molar-refractivity contribution in [1.29, 1.82) is 0 Å². The van der Waals surface area contributed by atoms with Gasteiger partial charge >= 0.3 is 5.97 Å². The van der Waals surface area contributed by atoms with Gasteiger partial charge in [-0.3, -0.25) is 0 Å². The molecule has 0 radical (unpaired) electrons. The van der Waals surface area contributed by atoms with Crippen LogP contribution in [0.4, 0.5) is 6.01 Å². The van der Waals surface area contributed by atoms with E-state index in [1.54, 1.807) is 6.07 Å². The van der Waals surface area contributed by atoms with E-state index in [4.69, 9.17) is 14.6 Å². The van der Waals surface area contributed by atoms with Gasteiger partial charge in [0, 0.05) is 25.6 Å². The molecular weight excluding hydrogens is 248 g/mol. The van der Waals surface area contributed by atoms with Crippen LogP contribution in [0.15, 0.2) is 22.6 Å². The molecule has 0 amide bonds. The Hall–Kier alpha value is -2.08. The van der Waals surface area contributed by atoms with Crippen molar-refractivity contribution in [3.05, 3.63) is 23.8 Å². The molecule has 19 heavy (non-hydrogen) atoms. The number of benzene rings is 1. The van der Waals surface area contributed by atoms with Crippen molar-refractivity contribution in [2.45, 2.75) is 6.42 Å². The van der Waals surface area contributed by atoms with E-state index < -0.39 is 5.97 Å². The van der Waals surface area contributed by atoms with Crippen LogP contribution in [0.2, 0.25) is 0 Å². The number of anilines is 1. The molecule has 3 rings (SSSR count). The third-order valence-corrected chi connectivity index (χ3v) is 3.44. The van der Waals surface area contributed by atoms with Gasteiger partial charge in [-0.15, -0.1) is 0 Å². The molecule has 2 heterocycles. The summed E-state index contributed by atoms with van der Waals surface area (Å²) in [5, 5.41) is 18.1. The van der Waals surface area contributed by atoms with Crippen molar-refractivity contribution in [3.8, 4) is 0 Å². The Kier molecular flexibility index (Phi) is 2.87. The lowest BCUT2D eigenvalue weighted by Gasteiger charge is -2.12. The Balaban J connectivity index is 1.91. The van der Waals surface area contributed by atoms with Crippen molar-refractivity contribution >= 4 is 23.1 Å². The lowest BCUT2D eigenvalue weighted by molar-refractivity contribution is 0.0697. The molecule has 1 saturated heterocycles. The van der Waals surface area contributed by atoms with E-state index in [-0.39, 0.29) is 18.1 Å². The number of aliphatic hydroxyl groups is 1. The van der Waals surface area contributed by atoms with Gasteiger partial charge in [-0.05, 0) is 24.6 Å². The minimum absolute atomic E-state index is 0.167. The number of nitrogens with zero attached hydrogens (tertiary/aromatic N) is 2. The number of carboxylic acids is 1. The first-order valence-electron chi connectivity index (χ1n) is 6.17. The molecular formula is C13H14N2O4. The van der Waals surface area contributed by atoms with Crippen molar-refractivity contribution in [1.82, 2.24) is 4.98 Å². The molecule has 1 unspecified atom stereocenters. The van der Waals surface area contributed by atoms with Gasteiger partial charge < -0.3 is 19.5 Å². The predicted molar refractivity (Wildman–Crippen MR) is 68.4 cm³/mol. The third kappa shape index (κ3) is 2.15. The molecule has 2 aromatic rings. The summed E-state index contributed by atoms with van der Waals surface area (Å²) in [5.74, 6) is -0.731. The molecule has 1 fully saturated rings. The van der Waals surface area contributed by atoms with Gasteiger partial charge in [0.25, 0.3) is 6.01 Å². The molecule has 1 aromatic heterocycles. The van der Waals surface area contributed by atoms with Gasteiger partial charge in [0.15, 0.2) is 5.58 Å². The zero-order chi connectivity index (χ0) is 13.4. The Morgan fingerprint density at radius 3 is 3.05 bits per heavy atom. The predicted octanol–water partition coefficient (Wildman–Crippen LogP) is 1.34. The fourth-order valence-corrected chi connectivity index (χ4v) is 2.34. The molecule has 0 aliphatic carbocycles. The highest BCUT2D eigenvalue weighted by Crippen LogP contribution is 2.27. The largest absolute Gasteiger partial charge is 0.478 e. The summed E-state index contributed by atoms with van der Waals surface area (Å²) in [6.07, 6.45) is 0.912. The smallest absolute Gasteiger partial charge is 0.335 e. The van der Waals surface area contributed by atoms with Gasteiger partial charge in [-0.25, -0.2) is 4.79 Å². The topological polar surface area (TPSA) is 86.8 Å². The summed E-state index contributed by atoms with van der Waals surface area (Å²) >= 11 is 0. The molecule has 1 aliphatic rings. The summed E-state index contributed by atoms with van der Waals surface area (Å²) in [7, 11) is 0. The van der Waals surface area contributed by atoms with E-state index >= 15 is 0 Å². The standard InChI is InChI=1S/C13H14N2O4/c16-7-8-3-4-15(6-8)13-14-10-2-1-9(12(17)18)5-11(10)19-13/h1-2,5,8,16H,3-4,6-7H2,(H,17,18). The quantitative estimate of drug-likeness (QED) is 0.868. The van der Waals surface area contributed by atoms with E-state index in [1.807, 2.05) is 4.90 Å². The molecule has 0 spiro atoms. The van der Waals surface area contributed by atoms with Crippen LogP contribution in [0.1, 0.15) is 16.8 Å². The van der Waals surface area contributed by atoms with Crippen LogP contribution in [0.5, 0.6) is 0 Å². The summed E-state index contributed by atoms with van der Waals surface area (Å²) in [5.41, 5.74) is 1.31.